The van der Waals surface area contributed by atoms with Crippen molar-refractivity contribution in [2.24, 2.45) is 5.92 Å². The van der Waals surface area contributed by atoms with E-state index in [0.717, 1.165) is 11.1 Å². The smallest absolute Gasteiger partial charge is 0.408 e. The Balaban J connectivity index is 2.20. The van der Waals surface area contributed by atoms with Crippen molar-refractivity contribution in [2.75, 3.05) is 6.61 Å². The van der Waals surface area contributed by atoms with Crippen LogP contribution in [0.15, 0.2) is 72.8 Å². The Morgan fingerprint density at radius 2 is 1.40 bits per heavy atom. The first-order valence-corrected chi connectivity index (χ1v) is 14.7. The Labute approximate surface area is 254 Å². The van der Waals surface area contributed by atoms with Crippen LogP contribution < -0.4 is 16.0 Å². The first-order chi connectivity index (χ1) is 20.6. The summed E-state index contributed by atoms with van der Waals surface area (Å²) in [6.07, 6.45) is 2.66. The first kappa shape index (κ1) is 35.0. The van der Waals surface area contributed by atoms with Crippen LogP contribution in [-0.4, -0.2) is 59.8 Å². The molecule has 0 aliphatic carbocycles. The Kier molecular flexibility index (Phi) is 15.5. The van der Waals surface area contributed by atoms with Crippen molar-refractivity contribution in [1.29, 1.82) is 0 Å². The summed E-state index contributed by atoms with van der Waals surface area (Å²) < 4.78 is 10.3. The summed E-state index contributed by atoms with van der Waals surface area (Å²) in [4.78, 5) is 51.6. The number of aliphatic hydroxyl groups is 1. The molecule has 4 N–H and O–H groups in total. The number of nitrogens with one attached hydrogen (secondary N) is 3. The fourth-order valence-electron chi connectivity index (χ4n) is 4.25. The molecular weight excluding hydrogens is 550 g/mol. The molecule has 4 atom stereocenters. The summed E-state index contributed by atoms with van der Waals surface area (Å²) >= 11 is 0. The quantitative estimate of drug-likeness (QED) is 0.161. The highest BCUT2D eigenvalue weighted by Gasteiger charge is 2.29. The van der Waals surface area contributed by atoms with Crippen molar-refractivity contribution in [1.82, 2.24) is 16.0 Å². The number of benzene rings is 2. The van der Waals surface area contributed by atoms with Gasteiger partial charge in [-0.15, -0.1) is 0 Å². The highest BCUT2D eigenvalue weighted by molar-refractivity contribution is 5.91. The molecule has 0 bridgehead atoms. The van der Waals surface area contributed by atoms with Gasteiger partial charge < -0.3 is 30.5 Å². The maximum absolute atomic E-state index is 13.6. The summed E-state index contributed by atoms with van der Waals surface area (Å²) in [6.45, 7) is 7.44. The lowest BCUT2D eigenvalue weighted by molar-refractivity contribution is -0.137. The highest BCUT2D eigenvalue weighted by atomic mass is 16.5. The molecule has 0 aliphatic rings. The van der Waals surface area contributed by atoms with Gasteiger partial charge in [0.1, 0.15) is 18.7 Å². The second kappa shape index (κ2) is 19.1. The van der Waals surface area contributed by atoms with Gasteiger partial charge in [0.05, 0.1) is 12.7 Å². The van der Waals surface area contributed by atoms with E-state index in [1.807, 2.05) is 74.5 Å². The number of aliphatic hydroxyl groups excluding tert-OH is 1. The average Bonchev–Trinajstić information content (AvgIpc) is 2.97. The fraction of sp³-hybridized carbons (Fsp3) is 0.455. The Bertz CT molecular complexity index is 1170. The molecule has 234 valence electrons. The SMILES string of the molecule is CCOC(=O)/C=C/[C@H](CCC(C)O)NC(=O)[C@H](Cc1ccccc1)NC(=O)[C@H](CC(C)C)NC(=O)OCc1ccccc1. The van der Waals surface area contributed by atoms with Crippen LogP contribution in [0, 0.1) is 5.92 Å². The monoisotopic (exact) mass is 595 g/mol. The zero-order valence-corrected chi connectivity index (χ0v) is 25.5. The van der Waals surface area contributed by atoms with Crippen molar-refractivity contribution < 1.29 is 33.8 Å². The van der Waals surface area contributed by atoms with Crippen LogP contribution in [0.25, 0.3) is 0 Å². The summed E-state index contributed by atoms with van der Waals surface area (Å²) in [5.41, 5.74) is 1.63. The third-order valence-corrected chi connectivity index (χ3v) is 6.42. The largest absolute Gasteiger partial charge is 0.463 e. The van der Waals surface area contributed by atoms with Gasteiger partial charge >= 0.3 is 12.1 Å². The molecule has 1 unspecified atom stereocenters. The Morgan fingerprint density at radius 1 is 0.791 bits per heavy atom. The van der Waals surface area contributed by atoms with Gasteiger partial charge in [0, 0.05) is 18.5 Å². The molecule has 2 rings (SSSR count). The summed E-state index contributed by atoms with van der Waals surface area (Å²) in [6, 6.07) is 15.9. The van der Waals surface area contributed by atoms with Gasteiger partial charge in [0.25, 0.3) is 0 Å². The fourth-order valence-corrected chi connectivity index (χ4v) is 4.25. The number of carbonyl (C=O) groups is 4. The first-order valence-electron chi connectivity index (χ1n) is 14.7. The van der Waals surface area contributed by atoms with Crippen LogP contribution in [0.4, 0.5) is 4.79 Å². The predicted molar refractivity (Wildman–Crippen MR) is 164 cm³/mol. The molecule has 3 amide bonds. The molecule has 0 spiro atoms. The summed E-state index contributed by atoms with van der Waals surface area (Å²) in [5, 5.41) is 18.1. The van der Waals surface area contributed by atoms with Crippen LogP contribution in [0.3, 0.4) is 0 Å². The zero-order valence-electron chi connectivity index (χ0n) is 25.5. The van der Waals surface area contributed by atoms with Crippen molar-refractivity contribution in [3.05, 3.63) is 83.9 Å². The number of hydrogen-bond acceptors (Lipinski definition) is 7. The van der Waals surface area contributed by atoms with Gasteiger partial charge in [-0.3, -0.25) is 9.59 Å². The maximum Gasteiger partial charge on any atom is 0.408 e. The van der Waals surface area contributed by atoms with Gasteiger partial charge in [0.2, 0.25) is 11.8 Å². The molecule has 0 aromatic heterocycles. The molecule has 10 heteroatoms. The summed E-state index contributed by atoms with van der Waals surface area (Å²) in [5.74, 6) is -1.49. The molecule has 0 radical (unpaired) electrons. The zero-order chi connectivity index (χ0) is 31.6. The molecule has 0 saturated heterocycles. The van der Waals surface area contributed by atoms with E-state index in [4.69, 9.17) is 9.47 Å². The second-order valence-corrected chi connectivity index (χ2v) is 10.8. The van der Waals surface area contributed by atoms with E-state index < -0.39 is 48.1 Å². The number of alkyl carbamates (subject to hydrolysis) is 1. The van der Waals surface area contributed by atoms with Crippen molar-refractivity contribution >= 4 is 23.9 Å². The van der Waals surface area contributed by atoms with Crippen molar-refractivity contribution in [3.8, 4) is 0 Å². The minimum absolute atomic E-state index is 0.0505. The van der Waals surface area contributed by atoms with E-state index in [2.05, 4.69) is 16.0 Å². The second-order valence-electron chi connectivity index (χ2n) is 10.8. The third kappa shape index (κ3) is 14.5. The summed E-state index contributed by atoms with van der Waals surface area (Å²) in [7, 11) is 0. The van der Waals surface area contributed by atoms with E-state index in [0.29, 0.717) is 19.3 Å². The van der Waals surface area contributed by atoms with Crippen LogP contribution in [0.1, 0.15) is 58.1 Å². The molecule has 0 fully saturated rings. The predicted octanol–water partition coefficient (Wildman–Crippen LogP) is 3.82. The number of esters is 1. The van der Waals surface area contributed by atoms with Crippen LogP contribution >= 0.6 is 0 Å². The lowest BCUT2D eigenvalue weighted by Gasteiger charge is -2.25. The van der Waals surface area contributed by atoms with Crippen LogP contribution in [0.5, 0.6) is 0 Å². The Hall–Kier alpha value is -4.18. The number of rotatable bonds is 17. The van der Waals surface area contributed by atoms with Gasteiger partial charge in [-0.2, -0.15) is 0 Å². The number of hydrogen-bond donors (Lipinski definition) is 4. The standard InChI is InChI=1S/C33H45N3O7/c1-5-42-30(38)19-18-27(17-16-24(4)37)34-31(39)29(21-25-12-8-6-9-13-25)35-32(40)28(20-23(2)3)36-33(41)43-22-26-14-10-7-11-15-26/h6-15,18-19,23-24,27-29,37H,5,16-17,20-22H2,1-4H3,(H,34,39)(H,35,40)(H,36,41)/b19-18+/t24?,27-,28-,29-/m0/s1. The topological polar surface area (TPSA) is 143 Å². The molecule has 0 aliphatic heterocycles. The average molecular weight is 596 g/mol. The molecule has 2 aromatic carbocycles. The minimum atomic E-state index is -0.989. The molecular formula is C33H45N3O7. The number of carbonyl (C=O) groups excluding carboxylic acids is 4. The lowest BCUT2D eigenvalue weighted by Crippen LogP contribution is -2.55. The normalized spacial score (nSPS) is 13.9. The van der Waals surface area contributed by atoms with E-state index in [-0.39, 0.29) is 25.6 Å². The Morgan fingerprint density at radius 3 is 1.98 bits per heavy atom. The molecule has 10 nitrogen and oxygen atoms in total. The number of ether oxygens (including phenoxy) is 2. The van der Waals surface area contributed by atoms with Gasteiger partial charge in [0.15, 0.2) is 0 Å². The van der Waals surface area contributed by atoms with Gasteiger partial charge in [-0.25, -0.2) is 9.59 Å². The van der Waals surface area contributed by atoms with Crippen molar-refractivity contribution in [3.63, 3.8) is 0 Å². The van der Waals surface area contributed by atoms with Crippen LogP contribution in [0.2, 0.25) is 0 Å². The minimum Gasteiger partial charge on any atom is -0.463 e. The van der Waals surface area contributed by atoms with Crippen LogP contribution in [-0.2, 0) is 36.9 Å². The molecule has 2 aromatic rings. The molecule has 0 heterocycles. The van der Waals surface area contributed by atoms with E-state index in [1.54, 1.807) is 13.8 Å². The van der Waals surface area contributed by atoms with E-state index in [1.165, 1.54) is 12.2 Å². The highest BCUT2D eigenvalue weighted by Crippen LogP contribution is 2.10. The molecule has 0 saturated carbocycles. The number of amides is 3. The lowest BCUT2D eigenvalue weighted by atomic mass is 10.0. The third-order valence-electron chi connectivity index (χ3n) is 6.42. The van der Waals surface area contributed by atoms with E-state index in [9.17, 15) is 24.3 Å². The van der Waals surface area contributed by atoms with Crippen molar-refractivity contribution in [2.45, 2.75) is 84.2 Å². The van der Waals surface area contributed by atoms with Gasteiger partial charge in [-0.05, 0) is 50.2 Å². The van der Waals surface area contributed by atoms with Gasteiger partial charge in [-0.1, -0.05) is 80.6 Å². The maximum atomic E-state index is 13.6. The molecule has 43 heavy (non-hydrogen) atoms. The van der Waals surface area contributed by atoms with E-state index >= 15 is 0 Å².